The Kier molecular flexibility index (Phi) is 6.14. The summed E-state index contributed by atoms with van der Waals surface area (Å²) in [5.41, 5.74) is 3.37. The summed E-state index contributed by atoms with van der Waals surface area (Å²) in [6.45, 7) is 7.30. The third kappa shape index (κ3) is 4.48. The molecular weight excluding hydrogens is 390 g/mol. The van der Waals surface area contributed by atoms with Crippen molar-refractivity contribution in [3.63, 3.8) is 0 Å². The molecule has 0 aromatic heterocycles. The number of piperazine rings is 1. The van der Waals surface area contributed by atoms with Gasteiger partial charge in [-0.05, 0) is 62.2 Å². The SMILES string of the molecule is Cc1cccc2c1NC(=O)C(CCCN1CCN(c3ccc(Cl)cc3)CC1)S2. The average Bonchev–Trinajstić information content (AvgIpc) is 2.70. The Morgan fingerprint density at radius 2 is 1.86 bits per heavy atom. The van der Waals surface area contributed by atoms with Gasteiger partial charge in [0.2, 0.25) is 5.91 Å². The summed E-state index contributed by atoms with van der Waals surface area (Å²) in [6.07, 6.45) is 1.97. The largest absolute Gasteiger partial charge is 0.369 e. The van der Waals surface area contributed by atoms with Crippen LogP contribution in [0.25, 0.3) is 0 Å². The van der Waals surface area contributed by atoms with Crippen LogP contribution in [0.15, 0.2) is 47.4 Å². The number of para-hydroxylation sites is 1. The summed E-state index contributed by atoms with van der Waals surface area (Å²) in [7, 11) is 0. The molecule has 1 unspecified atom stereocenters. The van der Waals surface area contributed by atoms with Gasteiger partial charge in [0.1, 0.15) is 0 Å². The summed E-state index contributed by atoms with van der Waals surface area (Å²) in [4.78, 5) is 18.6. The van der Waals surface area contributed by atoms with Gasteiger partial charge < -0.3 is 10.2 Å². The zero-order valence-corrected chi connectivity index (χ0v) is 17.7. The van der Waals surface area contributed by atoms with Gasteiger partial charge in [-0.1, -0.05) is 23.7 Å². The second-order valence-electron chi connectivity index (χ2n) is 7.49. The molecule has 1 fully saturated rings. The maximum Gasteiger partial charge on any atom is 0.237 e. The predicted octanol–water partition coefficient (Wildman–Crippen LogP) is 4.66. The lowest BCUT2D eigenvalue weighted by Gasteiger charge is -2.36. The maximum atomic E-state index is 12.5. The van der Waals surface area contributed by atoms with Gasteiger partial charge in [0.25, 0.3) is 0 Å². The molecule has 148 valence electrons. The summed E-state index contributed by atoms with van der Waals surface area (Å²) < 4.78 is 0. The molecule has 2 aromatic carbocycles. The van der Waals surface area contributed by atoms with Gasteiger partial charge in [-0.2, -0.15) is 0 Å². The molecule has 2 aliphatic rings. The first-order valence-corrected chi connectivity index (χ1v) is 11.2. The van der Waals surface area contributed by atoms with Crippen molar-refractivity contribution in [2.75, 3.05) is 42.9 Å². The van der Waals surface area contributed by atoms with E-state index >= 15 is 0 Å². The quantitative estimate of drug-likeness (QED) is 0.770. The third-order valence-electron chi connectivity index (χ3n) is 5.55. The van der Waals surface area contributed by atoms with E-state index in [0.29, 0.717) is 0 Å². The number of fused-ring (bicyclic) bond motifs is 1. The Hall–Kier alpha value is -1.69. The molecule has 2 aliphatic heterocycles. The highest BCUT2D eigenvalue weighted by Crippen LogP contribution is 2.39. The van der Waals surface area contributed by atoms with Crippen molar-refractivity contribution in [2.24, 2.45) is 0 Å². The number of carbonyl (C=O) groups excluding carboxylic acids is 1. The first kappa shape index (κ1) is 19.6. The van der Waals surface area contributed by atoms with Gasteiger partial charge in [-0.25, -0.2) is 0 Å². The maximum absolute atomic E-state index is 12.5. The van der Waals surface area contributed by atoms with E-state index < -0.39 is 0 Å². The molecule has 1 amide bonds. The van der Waals surface area contributed by atoms with Gasteiger partial charge >= 0.3 is 0 Å². The molecule has 1 N–H and O–H groups in total. The Morgan fingerprint density at radius 3 is 2.61 bits per heavy atom. The third-order valence-corrected chi connectivity index (χ3v) is 7.13. The zero-order chi connectivity index (χ0) is 19.5. The van der Waals surface area contributed by atoms with Crippen molar-refractivity contribution >= 4 is 40.6 Å². The van der Waals surface area contributed by atoms with Crippen molar-refractivity contribution in [3.05, 3.63) is 53.1 Å². The molecule has 4 nitrogen and oxygen atoms in total. The van der Waals surface area contributed by atoms with Crippen LogP contribution in [0.2, 0.25) is 5.02 Å². The molecule has 1 saturated heterocycles. The van der Waals surface area contributed by atoms with Crippen molar-refractivity contribution in [3.8, 4) is 0 Å². The predicted molar refractivity (Wildman–Crippen MR) is 119 cm³/mol. The molecule has 28 heavy (non-hydrogen) atoms. The van der Waals surface area contributed by atoms with E-state index in [2.05, 4.69) is 39.4 Å². The van der Waals surface area contributed by atoms with Crippen LogP contribution in [0.4, 0.5) is 11.4 Å². The highest BCUT2D eigenvalue weighted by molar-refractivity contribution is 8.01. The van der Waals surface area contributed by atoms with Crippen LogP contribution in [0.3, 0.4) is 0 Å². The molecule has 6 heteroatoms. The molecule has 2 aromatic rings. The van der Waals surface area contributed by atoms with E-state index in [1.54, 1.807) is 11.8 Å². The minimum absolute atomic E-state index is 0.0182. The van der Waals surface area contributed by atoms with E-state index in [9.17, 15) is 4.79 Å². The molecule has 2 heterocycles. The number of hydrogen-bond acceptors (Lipinski definition) is 4. The number of hydrogen-bond donors (Lipinski definition) is 1. The number of rotatable bonds is 5. The molecule has 0 radical (unpaired) electrons. The molecule has 4 rings (SSSR count). The number of halogens is 1. The van der Waals surface area contributed by atoms with Crippen molar-refractivity contribution < 1.29 is 4.79 Å². The zero-order valence-electron chi connectivity index (χ0n) is 16.2. The molecule has 0 saturated carbocycles. The lowest BCUT2D eigenvalue weighted by Crippen LogP contribution is -2.46. The van der Waals surface area contributed by atoms with Crippen LogP contribution in [0, 0.1) is 6.92 Å². The van der Waals surface area contributed by atoms with E-state index in [4.69, 9.17) is 11.6 Å². The Labute approximate surface area is 176 Å². The van der Waals surface area contributed by atoms with Gasteiger partial charge in [0.05, 0.1) is 10.9 Å². The van der Waals surface area contributed by atoms with Crippen LogP contribution in [-0.2, 0) is 4.79 Å². The lowest BCUT2D eigenvalue weighted by atomic mass is 10.1. The molecule has 0 spiro atoms. The smallest absolute Gasteiger partial charge is 0.237 e. The fourth-order valence-corrected chi connectivity index (χ4v) is 5.25. The molecular formula is C22H26ClN3OS. The fraction of sp³-hybridized carbons (Fsp3) is 0.409. The van der Waals surface area contributed by atoms with E-state index in [-0.39, 0.29) is 11.2 Å². The summed E-state index contributed by atoms with van der Waals surface area (Å²) >= 11 is 7.70. The number of benzene rings is 2. The monoisotopic (exact) mass is 415 g/mol. The highest BCUT2D eigenvalue weighted by Gasteiger charge is 2.27. The second kappa shape index (κ2) is 8.76. The van der Waals surface area contributed by atoms with Crippen LogP contribution in [0.1, 0.15) is 18.4 Å². The minimum Gasteiger partial charge on any atom is -0.369 e. The number of carbonyl (C=O) groups is 1. The summed E-state index contributed by atoms with van der Waals surface area (Å²) in [6, 6.07) is 14.3. The normalized spacial score (nSPS) is 20.0. The number of nitrogens with zero attached hydrogens (tertiary/aromatic N) is 2. The first-order valence-electron chi connectivity index (χ1n) is 9.90. The molecule has 1 atom stereocenters. The highest BCUT2D eigenvalue weighted by atomic mass is 35.5. The molecule has 0 aliphatic carbocycles. The van der Waals surface area contributed by atoms with Crippen LogP contribution < -0.4 is 10.2 Å². The standard InChI is InChI=1S/C22H26ClN3OS/c1-16-4-2-5-19-21(16)24-22(27)20(28-19)6-3-11-25-12-14-26(15-13-25)18-9-7-17(23)8-10-18/h2,4-5,7-10,20H,3,6,11-15H2,1H3,(H,24,27). The number of aryl methyl sites for hydroxylation is 1. The van der Waals surface area contributed by atoms with E-state index in [1.807, 2.05) is 25.1 Å². The summed E-state index contributed by atoms with van der Waals surface area (Å²) in [5, 5.41) is 3.91. The summed E-state index contributed by atoms with van der Waals surface area (Å²) in [5.74, 6) is 0.152. The second-order valence-corrected chi connectivity index (χ2v) is 9.17. The Bertz CT molecular complexity index is 834. The molecule has 0 bridgehead atoms. The van der Waals surface area contributed by atoms with Gasteiger partial charge in [0, 0.05) is 41.8 Å². The van der Waals surface area contributed by atoms with Crippen LogP contribution in [0.5, 0.6) is 0 Å². The van der Waals surface area contributed by atoms with E-state index in [0.717, 1.165) is 61.8 Å². The lowest BCUT2D eigenvalue weighted by molar-refractivity contribution is -0.116. The van der Waals surface area contributed by atoms with E-state index in [1.165, 1.54) is 10.6 Å². The number of thioether (sulfide) groups is 1. The average molecular weight is 416 g/mol. The number of amides is 1. The van der Waals surface area contributed by atoms with Crippen LogP contribution >= 0.6 is 23.4 Å². The van der Waals surface area contributed by atoms with Gasteiger partial charge in [-0.3, -0.25) is 9.69 Å². The van der Waals surface area contributed by atoms with Gasteiger partial charge in [0.15, 0.2) is 0 Å². The topological polar surface area (TPSA) is 35.6 Å². The number of nitrogens with one attached hydrogen (secondary N) is 1. The Morgan fingerprint density at radius 1 is 1.11 bits per heavy atom. The van der Waals surface area contributed by atoms with Crippen molar-refractivity contribution in [2.45, 2.75) is 29.9 Å². The van der Waals surface area contributed by atoms with Gasteiger partial charge in [-0.15, -0.1) is 11.8 Å². The van der Waals surface area contributed by atoms with Crippen LogP contribution in [-0.4, -0.2) is 48.8 Å². The fourth-order valence-electron chi connectivity index (χ4n) is 3.88. The first-order chi connectivity index (χ1) is 13.6. The minimum atomic E-state index is 0.0182. The van der Waals surface area contributed by atoms with Crippen molar-refractivity contribution in [1.82, 2.24) is 4.90 Å². The number of anilines is 2. The Balaban J connectivity index is 1.23. The van der Waals surface area contributed by atoms with Crippen molar-refractivity contribution in [1.29, 1.82) is 0 Å².